The maximum absolute atomic E-state index is 5.68. The molecule has 0 spiro atoms. The van der Waals surface area contributed by atoms with E-state index < -0.39 is 0 Å². The van der Waals surface area contributed by atoms with Crippen LogP contribution in [0.3, 0.4) is 0 Å². The first-order chi connectivity index (χ1) is 9.83. The van der Waals surface area contributed by atoms with Gasteiger partial charge in [0.2, 0.25) is 0 Å². The van der Waals surface area contributed by atoms with E-state index in [1.54, 1.807) is 7.05 Å². The number of fused-ring (bicyclic) bond motifs is 1. The highest BCUT2D eigenvalue weighted by Gasteiger charge is 2.11. The fourth-order valence-corrected chi connectivity index (χ4v) is 1.94. The molecular formula is C15H24IN3O2. The quantitative estimate of drug-likeness (QED) is 0.350. The molecule has 0 saturated carbocycles. The standard InChI is InChI=1S/C15H23N3O2.HI/c1-3-4-8-17-15(16-2)18-12-6-7-13-14(11-12)20-10-5-9-19-13;/h6-7,11H,3-5,8-10H2,1-2H3,(H2,16,17,18);1H. The molecule has 0 unspecified atom stereocenters. The summed E-state index contributed by atoms with van der Waals surface area (Å²) in [5.41, 5.74) is 0.943. The van der Waals surface area contributed by atoms with Crippen molar-refractivity contribution in [1.82, 2.24) is 5.32 Å². The zero-order valence-corrected chi connectivity index (χ0v) is 15.0. The molecular weight excluding hydrogens is 381 g/mol. The van der Waals surface area contributed by atoms with Crippen molar-refractivity contribution < 1.29 is 9.47 Å². The minimum absolute atomic E-state index is 0. The van der Waals surface area contributed by atoms with Crippen LogP contribution in [0.2, 0.25) is 0 Å². The van der Waals surface area contributed by atoms with Gasteiger partial charge in [-0.15, -0.1) is 24.0 Å². The Labute approximate surface area is 143 Å². The summed E-state index contributed by atoms with van der Waals surface area (Å²) in [6.07, 6.45) is 3.20. The SMILES string of the molecule is CCCCNC(=NC)Nc1ccc2c(c1)OCCCO2.I. The number of halogens is 1. The van der Waals surface area contributed by atoms with Gasteiger partial charge in [0, 0.05) is 31.8 Å². The number of guanidine groups is 1. The monoisotopic (exact) mass is 405 g/mol. The Balaban J connectivity index is 0.00000220. The number of unbranched alkanes of at least 4 members (excludes halogenated alkanes) is 1. The van der Waals surface area contributed by atoms with Crippen molar-refractivity contribution in [3.63, 3.8) is 0 Å². The Hall–Kier alpha value is -1.18. The number of nitrogens with zero attached hydrogens (tertiary/aromatic N) is 1. The van der Waals surface area contributed by atoms with E-state index >= 15 is 0 Å². The van der Waals surface area contributed by atoms with Gasteiger partial charge in [0.15, 0.2) is 17.5 Å². The lowest BCUT2D eigenvalue weighted by molar-refractivity contribution is 0.297. The molecule has 0 amide bonds. The molecule has 0 atom stereocenters. The molecule has 2 N–H and O–H groups in total. The van der Waals surface area contributed by atoms with Gasteiger partial charge >= 0.3 is 0 Å². The summed E-state index contributed by atoms with van der Waals surface area (Å²) in [6.45, 7) is 4.49. The van der Waals surface area contributed by atoms with E-state index in [4.69, 9.17) is 9.47 Å². The van der Waals surface area contributed by atoms with Crippen molar-refractivity contribution in [1.29, 1.82) is 0 Å². The first kappa shape index (κ1) is 17.9. The van der Waals surface area contributed by atoms with Crippen molar-refractivity contribution in [2.24, 2.45) is 4.99 Å². The molecule has 0 aliphatic carbocycles. The largest absolute Gasteiger partial charge is 0.490 e. The number of rotatable bonds is 4. The topological polar surface area (TPSA) is 54.9 Å². The number of hydrogen-bond donors (Lipinski definition) is 2. The van der Waals surface area contributed by atoms with Crippen LogP contribution in [-0.2, 0) is 0 Å². The molecule has 6 heteroatoms. The summed E-state index contributed by atoms with van der Waals surface area (Å²) in [4.78, 5) is 4.21. The van der Waals surface area contributed by atoms with Crippen molar-refractivity contribution in [3.8, 4) is 11.5 Å². The third kappa shape index (κ3) is 5.61. The van der Waals surface area contributed by atoms with Crippen LogP contribution in [0.1, 0.15) is 26.2 Å². The predicted molar refractivity (Wildman–Crippen MR) is 97.4 cm³/mol. The smallest absolute Gasteiger partial charge is 0.195 e. The first-order valence-corrected chi connectivity index (χ1v) is 7.21. The number of anilines is 1. The van der Waals surface area contributed by atoms with Crippen molar-refractivity contribution >= 4 is 35.6 Å². The van der Waals surface area contributed by atoms with Crippen LogP contribution >= 0.6 is 24.0 Å². The lowest BCUT2D eigenvalue weighted by Crippen LogP contribution is -2.31. The molecule has 0 bridgehead atoms. The van der Waals surface area contributed by atoms with Gasteiger partial charge in [-0.1, -0.05) is 13.3 Å². The predicted octanol–water partition coefficient (Wildman–Crippen LogP) is 3.25. The van der Waals surface area contributed by atoms with E-state index in [9.17, 15) is 0 Å². The average molecular weight is 405 g/mol. The second-order valence-electron chi connectivity index (χ2n) is 4.69. The number of hydrogen-bond acceptors (Lipinski definition) is 3. The van der Waals surface area contributed by atoms with E-state index in [2.05, 4.69) is 22.5 Å². The van der Waals surface area contributed by atoms with Crippen LogP contribution in [0.25, 0.3) is 0 Å². The summed E-state index contributed by atoms with van der Waals surface area (Å²) in [6, 6.07) is 5.86. The van der Waals surface area contributed by atoms with Crippen LogP contribution < -0.4 is 20.1 Å². The van der Waals surface area contributed by atoms with Crippen molar-refractivity contribution in [2.75, 3.05) is 32.1 Å². The molecule has 21 heavy (non-hydrogen) atoms. The van der Waals surface area contributed by atoms with Crippen LogP contribution in [0.15, 0.2) is 23.2 Å². The third-order valence-electron chi connectivity index (χ3n) is 3.06. The Morgan fingerprint density at radius 2 is 2.00 bits per heavy atom. The highest BCUT2D eigenvalue weighted by atomic mass is 127. The maximum atomic E-state index is 5.68. The first-order valence-electron chi connectivity index (χ1n) is 7.21. The van der Waals surface area contributed by atoms with Crippen molar-refractivity contribution in [2.45, 2.75) is 26.2 Å². The molecule has 1 heterocycles. The van der Waals surface area contributed by atoms with Gasteiger partial charge in [-0.2, -0.15) is 0 Å². The van der Waals surface area contributed by atoms with Gasteiger partial charge in [-0.25, -0.2) is 0 Å². The molecule has 0 aromatic heterocycles. The summed E-state index contributed by atoms with van der Waals surface area (Å²) in [5, 5.41) is 6.54. The second kappa shape index (κ2) is 9.70. The summed E-state index contributed by atoms with van der Waals surface area (Å²) in [7, 11) is 1.77. The molecule has 2 rings (SSSR count). The Morgan fingerprint density at radius 1 is 1.24 bits per heavy atom. The highest BCUT2D eigenvalue weighted by molar-refractivity contribution is 14.0. The third-order valence-corrected chi connectivity index (χ3v) is 3.06. The van der Waals surface area contributed by atoms with E-state index in [0.717, 1.165) is 49.0 Å². The summed E-state index contributed by atoms with van der Waals surface area (Å²) >= 11 is 0. The normalized spacial score (nSPS) is 13.9. The van der Waals surface area contributed by atoms with Crippen LogP contribution in [0, 0.1) is 0 Å². The van der Waals surface area contributed by atoms with Crippen LogP contribution in [0.5, 0.6) is 11.5 Å². The fourth-order valence-electron chi connectivity index (χ4n) is 1.94. The summed E-state index contributed by atoms with van der Waals surface area (Å²) < 4.78 is 11.3. The van der Waals surface area contributed by atoms with E-state index in [1.165, 1.54) is 0 Å². The Bertz CT molecular complexity index is 466. The molecule has 0 fully saturated rings. The molecule has 1 aromatic carbocycles. The molecule has 5 nitrogen and oxygen atoms in total. The van der Waals surface area contributed by atoms with Gasteiger partial charge in [-0.05, 0) is 18.6 Å². The highest BCUT2D eigenvalue weighted by Crippen LogP contribution is 2.32. The molecule has 1 aliphatic rings. The molecule has 1 aliphatic heterocycles. The second-order valence-corrected chi connectivity index (χ2v) is 4.69. The summed E-state index contributed by atoms with van der Waals surface area (Å²) in [5.74, 6) is 2.37. The maximum Gasteiger partial charge on any atom is 0.195 e. The number of nitrogens with one attached hydrogen (secondary N) is 2. The molecule has 1 aromatic rings. The fraction of sp³-hybridized carbons (Fsp3) is 0.533. The lowest BCUT2D eigenvalue weighted by Gasteiger charge is -2.13. The molecule has 0 radical (unpaired) electrons. The van der Waals surface area contributed by atoms with E-state index in [-0.39, 0.29) is 24.0 Å². The number of benzene rings is 1. The zero-order chi connectivity index (χ0) is 14.2. The number of ether oxygens (including phenoxy) is 2. The van der Waals surface area contributed by atoms with Gasteiger partial charge in [0.1, 0.15) is 0 Å². The average Bonchev–Trinajstić information content (AvgIpc) is 2.71. The van der Waals surface area contributed by atoms with E-state index in [1.807, 2.05) is 18.2 Å². The number of aliphatic imine (C=N–C) groups is 1. The lowest BCUT2D eigenvalue weighted by atomic mass is 10.2. The van der Waals surface area contributed by atoms with Crippen LogP contribution in [0.4, 0.5) is 5.69 Å². The Kier molecular flexibility index (Phi) is 8.26. The van der Waals surface area contributed by atoms with Gasteiger partial charge in [0.25, 0.3) is 0 Å². The van der Waals surface area contributed by atoms with Crippen LogP contribution in [-0.4, -0.2) is 32.8 Å². The van der Waals surface area contributed by atoms with E-state index in [0.29, 0.717) is 13.2 Å². The minimum atomic E-state index is 0. The molecule has 0 saturated heterocycles. The van der Waals surface area contributed by atoms with Gasteiger partial charge < -0.3 is 20.1 Å². The Morgan fingerprint density at radius 3 is 2.71 bits per heavy atom. The van der Waals surface area contributed by atoms with Gasteiger partial charge in [-0.3, -0.25) is 4.99 Å². The molecule has 118 valence electrons. The minimum Gasteiger partial charge on any atom is -0.490 e. The van der Waals surface area contributed by atoms with Crippen molar-refractivity contribution in [3.05, 3.63) is 18.2 Å². The zero-order valence-electron chi connectivity index (χ0n) is 12.6. The van der Waals surface area contributed by atoms with Gasteiger partial charge in [0.05, 0.1) is 13.2 Å².